The van der Waals surface area contributed by atoms with Crippen LogP contribution in [0.4, 0.5) is 19.3 Å². The molecule has 46 heavy (non-hydrogen) atoms. The molecule has 3 aromatic rings. The summed E-state index contributed by atoms with van der Waals surface area (Å²) in [4.78, 5) is 32.9. The number of carbonyl (C=O) groups excluding carboxylic acids is 2. The lowest BCUT2D eigenvalue weighted by molar-refractivity contribution is -0.125. The molecule has 0 spiro atoms. The minimum Gasteiger partial charge on any atom is -0.494 e. The molecule has 0 radical (unpaired) electrons. The van der Waals surface area contributed by atoms with Gasteiger partial charge in [-0.15, -0.1) is 0 Å². The number of anilines is 1. The summed E-state index contributed by atoms with van der Waals surface area (Å²) in [6.45, 7) is 4.48. The number of para-hydroxylation sites is 1. The van der Waals surface area contributed by atoms with Crippen molar-refractivity contribution in [3.8, 4) is 11.8 Å². The van der Waals surface area contributed by atoms with Gasteiger partial charge in [-0.25, -0.2) is 13.6 Å². The van der Waals surface area contributed by atoms with Crippen LogP contribution < -0.4 is 15.0 Å². The van der Waals surface area contributed by atoms with E-state index in [4.69, 9.17) is 4.74 Å². The number of benzene rings is 3. The Labute approximate surface area is 268 Å². The Morgan fingerprint density at radius 1 is 1.00 bits per heavy atom. The number of nitrogens with zero attached hydrogens (tertiary/aromatic N) is 4. The van der Waals surface area contributed by atoms with Gasteiger partial charge in [-0.05, 0) is 74.8 Å². The van der Waals surface area contributed by atoms with Gasteiger partial charge in [-0.1, -0.05) is 49.4 Å². The average molecular weight is 628 g/mol. The van der Waals surface area contributed by atoms with Crippen molar-refractivity contribution in [2.45, 2.75) is 44.6 Å². The molecule has 8 nitrogen and oxygen atoms in total. The highest BCUT2D eigenvalue weighted by Crippen LogP contribution is 2.40. The molecule has 0 saturated heterocycles. The van der Waals surface area contributed by atoms with Crippen molar-refractivity contribution in [1.29, 1.82) is 5.26 Å². The first-order valence-corrected chi connectivity index (χ1v) is 15.7. The van der Waals surface area contributed by atoms with Crippen LogP contribution in [0.3, 0.4) is 0 Å². The summed E-state index contributed by atoms with van der Waals surface area (Å²) >= 11 is 0. The van der Waals surface area contributed by atoms with Gasteiger partial charge in [-0.3, -0.25) is 9.69 Å². The van der Waals surface area contributed by atoms with Crippen molar-refractivity contribution in [1.82, 2.24) is 15.1 Å². The Kier molecular flexibility index (Phi) is 10.3. The number of nitrogens with one attached hydrogen (secondary N) is 1. The Balaban J connectivity index is 1.26. The molecule has 5 rings (SSSR count). The van der Waals surface area contributed by atoms with Crippen LogP contribution in [0.2, 0.25) is 0 Å². The van der Waals surface area contributed by atoms with Gasteiger partial charge in [0.2, 0.25) is 0 Å². The summed E-state index contributed by atoms with van der Waals surface area (Å²) in [5, 5.41) is 12.2. The summed E-state index contributed by atoms with van der Waals surface area (Å²) < 4.78 is 35.0. The van der Waals surface area contributed by atoms with E-state index in [1.807, 2.05) is 30.3 Å². The second-order valence-electron chi connectivity index (χ2n) is 11.7. The highest BCUT2D eigenvalue weighted by atomic mass is 19.3. The second kappa shape index (κ2) is 14.6. The van der Waals surface area contributed by atoms with Crippen molar-refractivity contribution in [2.75, 3.05) is 44.7 Å². The molecule has 10 heteroatoms. The Bertz CT molecular complexity index is 1600. The molecule has 1 N–H and O–H groups in total. The second-order valence-corrected chi connectivity index (χ2v) is 11.7. The molecule has 0 aliphatic carbocycles. The zero-order chi connectivity index (χ0) is 32.7. The molecule has 3 amide bonds. The van der Waals surface area contributed by atoms with Crippen molar-refractivity contribution < 1.29 is 23.1 Å². The maximum absolute atomic E-state index is 14.6. The van der Waals surface area contributed by atoms with Crippen molar-refractivity contribution in [3.63, 3.8) is 0 Å². The standard InChI is InChI=1S/C36H39F2N5O3/c1-3-36(37,38)28-11-9-12-29(23-28)43-31-25-42(21-8-7-19-41(2)20-10-22-46-30-13-5-4-6-14-30)34(44)32(31)33(40-35(43)45)27-17-15-26(24-39)16-18-27/h4-6,9,11-18,23,33H,3,7-8,10,19-22,25H2,1-2H3,(H,40,45)/t33-/m1/s1. The highest BCUT2D eigenvalue weighted by molar-refractivity contribution is 6.07. The number of hydrogen-bond donors (Lipinski definition) is 1. The zero-order valence-electron chi connectivity index (χ0n) is 26.2. The fourth-order valence-corrected chi connectivity index (χ4v) is 5.86. The number of halogens is 2. The molecule has 2 aliphatic heterocycles. The van der Waals surface area contributed by atoms with Gasteiger partial charge in [0.25, 0.3) is 11.8 Å². The van der Waals surface area contributed by atoms with E-state index in [0.29, 0.717) is 35.5 Å². The molecule has 2 aliphatic rings. The number of ether oxygens (including phenoxy) is 1. The van der Waals surface area contributed by atoms with Gasteiger partial charge in [0.15, 0.2) is 0 Å². The third-order valence-electron chi connectivity index (χ3n) is 8.46. The molecule has 3 aromatic carbocycles. The van der Waals surface area contributed by atoms with Gasteiger partial charge < -0.3 is 19.9 Å². The number of urea groups is 1. The maximum Gasteiger partial charge on any atom is 0.327 e. The third kappa shape index (κ3) is 7.37. The number of alkyl halides is 2. The van der Waals surface area contributed by atoms with Gasteiger partial charge in [0.05, 0.1) is 47.8 Å². The summed E-state index contributed by atoms with van der Waals surface area (Å²) in [6.07, 6.45) is 2.16. The molecule has 0 fully saturated rings. The molecule has 240 valence electrons. The summed E-state index contributed by atoms with van der Waals surface area (Å²) in [6, 6.07) is 23.1. The topological polar surface area (TPSA) is 88.9 Å². The van der Waals surface area contributed by atoms with Crippen LogP contribution in [0.25, 0.3) is 0 Å². The minimum absolute atomic E-state index is 0.186. The average Bonchev–Trinajstić information content (AvgIpc) is 3.40. The summed E-state index contributed by atoms with van der Waals surface area (Å²) in [5.74, 6) is -2.39. The number of amides is 3. The van der Waals surface area contributed by atoms with Crippen LogP contribution in [0.1, 0.15) is 55.3 Å². The number of hydrogen-bond acceptors (Lipinski definition) is 5. The molecular weight excluding hydrogens is 588 g/mol. The van der Waals surface area contributed by atoms with E-state index in [0.717, 1.165) is 38.1 Å². The van der Waals surface area contributed by atoms with Crippen molar-refractivity contribution in [2.24, 2.45) is 0 Å². The van der Waals surface area contributed by atoms with E-state index in [1.54, 1.807) is 35.2 Å². The van der Waals surface area contributed by atoms with Crippen LogP contribution >= 0.6 is 0 Å². The predicted octanol–water partition coefficient (Wildman–Crippen LogP) is 6.61. The Hall–Kier alpha value is -4.75. The minimum atomic E-state index is -3.05. The molecular formula is C36H39F2N5O3. The molecule has 0 unspecified atom stereocenters. The molecule has 0 saturated carbocycles. The van der Waals surface area contributed by atoms with Crippen LogP contribution in [-0.2, 0) is 10.7 Å². The van der Waals surface area contributed by atoms with Gasteiger partial charge >= 0.3 is 6.03 Å². The lowest BCUT2D eigenvalue weighted by atomic mass is 9.94. The molecule has 0 bridgehead atoms. The molecule has 0 aromatic heterocycles. The van der Waals surface area contributed by atoms with Crippen LogP contribution in [-0.4, -0.2) is 61.6 Å². The predicted molar refractivity (Wildman–Crippen MR) is 172 cm³/mol. The van der Waals surface area contributed by atoms with E-state index >= 15 is 0 Å². The fraction of sp³-hybridized carbons (Fsp3) is 0.361. The monoisotopic (exact) mass is 627 g/mol. The normalized spacial score (nSPS) is 16.5. The summed E-state index contributed by atoms with van der Waals surface area (Å²) in [5.41, 5.74) is 2.11. The Morgan fingerprint density at radius 2 is 1.74 bits per heavy atom. The quantitative estimate of drug-likeness (QED) is 0.203. The van der Waals surface area contributed by atoms with E-state index in [9.17, 15) is 23.6 Å². The SMILES string of the molecule is CCC(F)(F)c1cccc(N2C(=O)N[C@H](c3ccc(C#N)cc3)C3=C2CN(CCCCN(C)CCCOc2ccccc2)C3=O)c1. The van der Waals surface area contributed by atoms with Gasteiger partial charge in [-0.2, -0.15) is 5.26 Å². The zero-order valence-corrected chi connectivity index (χ0v) is 26.2. The lowest BCUT2D eigenvalue weighted by Crippen LogP contribution is -2.47. The molecule has 2 heterocycles. The van der Waals surface area contributed by atoms with E-state index in [2.05, 4.69) is 23.3 Å². The number of carbonyl (C=O) groups is 2. The fourth-order valence-electron chi connectivity index (χ4n) is 5.86. The van der Waals surface area contributed by atoms with Crippen molar-refractivity contribution >= 4 is 17.6 Å². The number of nitriles is 1. The number of unbranched alkanes of at least 4 members (excludes halogenated alkanes) is 1. The van der Waals surface area contributed by atoms with Crippen molar-refractivity contribution in [3.05, 3.63) is 107 Å². The number of rotatable bonds is 14. The first kappa shape index (κ1) is 32.6. The molecule has 1 atom stereocenters. The summed E-state index contributed by atoms with van der Waals surface area (Å²) in [7, 11) is 2.07. The van der Waals surface area contributed by atoms with E-state index in [1.165, 1.54) is 30.0 Å². The first-order valence-electron chi connectivity index (χ1n) is 15.7. The van der Waals surface area contributed by atoms with Gasteiger partial charge in [0, 0.05) is 25.1 Å². The van der Waals surface area contributed by atoms with Gasteiger partial charge in [0.1, 0.15) is 5.75 Å². The largest absolute Gasteiger partial charge is 0.494 e. The first-order chi connectivity index (χ1) is 22.2. The van der Waals surface area contributed by atoms with Crippen LogP contribution in [0.15, 0.2) is 90.1 Å². The third-order valence-corrected chi connectivity index (χ3v) is 8.46. The Morgan fingerprint density at radius 3 is 2.46 bits per heavy atom. The van der Waals surface area contributed by atoms with Crippen LogP contribution in [0.5, 0.6) is 5.75 Å². The van der Waals surface area contributed by atoms with E-state index in [-0.39, 0.29) is 30.1 Å². The lowest BCUT2D eigenvalue weighted by Gasteiger charge is -2.34. The maximum atomic E-state index is 14.6. The van der Waals surface area contributed by atoms with Crippen LogP contribution in [0, 0.1) is 11.3 Å². The highest BCUT2D eigenvalue weighted by Gasteiger charge is 2.44. The smallest absolute Gasteiger partial charge is 0.327 e. The van der Waals surface area contributed by atoms with E-state index < -0.39 is 18.0 Å².